The van der Waals surface area contributed by atoms with Crippen molar-refractivity contribution in [2.45, 2.75) is 0 Å². The summed E-state index contributed by atoms with van der Waals surface area (Å²) in [5, 5.41) is 20.7. The Labute approximate surface area is 103 Å². The van der Waals surface area contributed by atoms with E-state index in [9.17, 15) is 4.39 Å². The van der Waals surface area contributed by atoms with Gasteiger partial charge in [0.15, 0.2) is 0 Å². The van der Waals surface area contributed by atoms with Crippen molar-refractivity contribution in [1.29, 1.82) is 10.5 Å². The molecule has 0 saturated carbocycles. The first kappa shape index (κ1) is 11.6. The van der Waals surface area contributed by atoms with Crippen LogP contribution in [0.3, 0.4) is 0 Å². The Morgan fingerprint density at radius 1 is 1.11 bits per heavy atom. The van der Waals surface area contributed by atoms with E-state index in [1.165, 1.54) is 18.3 Å². The minimum atomic E-state index is -0.487. The first-order valence-corrected chi connectivity index (χ1v) is 5.06. The highest BCUT2D eigenvalue weighted by molar-refractivity contribution is 5.67. The van der Waals surface area contributed by atoms with Crippen LogP contribution in [0.15, 0.2) is 36.5 Å². The lowest BCUT2D eigenvalue weighted by Gasteiger charge is -2.08. The van der Waals surface area contributed by atoms with E-state index in [0.29, 0.717) is 17.1 Å². The number of halogens is 1. The number of nitrogens with zero attached hydrogens (tertiary/aromatic N) is 3. The van der Waals surface area contributed by atoms with Gasteiger partial charge in [0.25, 0.3) is 0 Å². The topological polar surface area (TPSA) is 72.5 Å². The Morgan fingerprint density at radius 3 is 2.61 bits per heavy atom. The first-order valence-electron chi connectivity index (χ1n) is 5.06. The molecule has 4 nitrogen and oxygen atoms in total. The summed E-state index contributed by atoms with van der Waals surface area (Å²) < 4.78 is 13.0. The Kier molecular flexibility index (Phi) is 3.17. The molecule has 0 saturated heterocycles. The van der Waals surface area contributed by atoms with Gasteiger partial charge in [-0.3, -0.25) is 0 Å². The maximum atomic E-state index is 13.0. The number of anilines is 2. The van der Waals surface area contributed by atoms with E-state index in [4.69, 9.17) is 10.5 Å². The smallest absolute Gasteiger partial charge is 0.148 e. The lowest BCUT2D eigenvalue weighted by Crippen LogP contribution is -1.98. The standard InChI is InChI=1S/C13H7FN4/c14-11-3-4-12(10(6-11)8-16)18-13-9(7-15)2-1-5-17-13/h1-6H,(H,17,18). The molecule has 0 atom stereocenters. The number of pyridine rings is 1. The van der Waals surface area contributed by atoms with Crippen LogP contribution in [0.25, 0.3) is 0 Å². The quantitative estimate of drug-likeness (QED) is 0.872. The second-order valence-electron chi connectivity index (χ2n) is 3.44. The summed E-state index contributed by atoms with van der Waals surface area (Å²) in [6.45, 7) is 0. The fraction of sp³-hybridized carbons (Fsp3) is 0. The predicted molar refractivity (Wildman–Crippen MR) is 63.3 cm³/mol. The summed E-state index contributed by atoms with van der Waals surface area (Å²) in [6, 6.07) is 10.9. The van der Waals surface area contributed by atoms with Crippen LogP contribution in [0.1, 0.15) is 11.1 Å². The molecule has 1 N–H and O–H groups in total. The minimum Gasteiger partial charge on any atom is -0.338 e. The molecule has 0 aliphatic rings. The van der Waals surface area contributed by atoms with Crippen LogP contribution < -0.4 is 5.32 Å². The van der Waals surface area contributed by atoms with Crippen LogP contribution in [0, 0.1) is 28.5 Å². The fourth-order valence-electron chi connectivity index (χ4n) is 1.44. The summed E-state index contributed by atoms with van der Waals surface area (Å²) in [4.78, 5) is 4.01. The van der Waals surface area contributed by atoms with E-state index in [1.807, 2.05) is 12.1 Å². The van der Waals surface area contributed by atoms with E-state index in [-0.39, 0.29) is 5.56 Å². The number of hydrogen-bond donors (Lipinski definition) is 1. The molecule has 0 spiro atoms. The summed E-state index contributed by atoms with van der Waals surface area (Å²) >= 11 is 0. The van der Waals surface area contributed by atoms with Crippen LogP contribution >= 0.6 is 0 Å². The summed E-state index contributed by atoms with van der Waals surface area (Å²) in [7, 11) is 0. The van der Waals surface area contributed by atoms with Crippen molar-refractivity contribution in [3.8, 4) is 12.1 Å². The highest BCUT2D eigenvalue weighted by atomic mass is 19.1. The predicted octanol–water partition coefficient (Wildman–Crippen LogP) is 2.71. The molecule has 2 rings (SSSR count). The molecule has 86 valence electrons. The van der Waals surface area contributed by atoms with Gasteiger partial charge in [-0.1, -0.05) is 0 Å². The second kappa shape index (κ2) is 4.94. The molecule has 1 heterocycles. The minimum absolute atomic E-state index is 0.157. The molecule has 18 heavy (non-hydrogen) atoms. The third-order valence-corrected chi connectivity index (χ3v) is 2.28. The SMILES string of the molecule is N#Cc1cc(F)ccc1Nc1ncccc1C#N. The van der Waals surface area contributed by atoms with Crippen molar-refractivity contribution in [3.05, 3.63) is 53.5 Å². The Hall–Kier alpha value is -2.92. The molecule has 0 unspecified atom stereocenters. The Morgan fingerprint density at radius 2 is 1.89 bits per heavy atom. The number of nitrogens with one attached hydrogen (secondary N) is 1. The molecule has 0 amide bonds. The third-order valence-electron chi connectivity index (χ3n) is 2.28. The zero-order valence-corrected chi connectivity index (χ0v) is 9.18. The zero-order valence-electron chi connectivity index (χ0n) is 9.18. The average Bonchev–Trinajstić information content (AvgIpc) is 2.41. The van der Waals surface area contributed by atoms with E-state index in [2.05, 4.69) is 10.3 Å². The molecule has 2 aromatic rings. The molecule has 1 aromatic carbocycles. The molecular formula is C13H7FN4. The highest BCUT2D eigenvalue weighted by Gasteiger charge is 2.07. The number of aromatic nitrogens is 1. The van der Waals surface area contributed by atoms with Gasteiger partial charge in [-0.15, -0.1) is 0 Å². The van der Waals surface area contributed by atoms with Crippen molar-refractivity contribution in [3.63, 3.8) is 0 Å². The number of rotatable bonds is 2. The molecule has 0 aliphatic carbocycles. The number of hydrogen-bond acceptors (Lipinski definition) is 4. The molecule has 0 radical (unpaired) electrons. The molecule has 0 fully saturated rings. The van der Waals surface area contributed by atoms with Crippen molar-refractivity contribution in [2.24, 2.45) is 0 Å². The largest absolute Gasteiger partial charge is 0.338 e. The molecular weight excluding hydrogens is 231 g/mol. The van der Waals surface area contributed by atoms with E-state index >= 15 is 0 Å². The van der Waals surface area contributed by atoms with Gasteiger partial charge in [-0.05, 0) is 30.3 Å². The average molecular weight is 238 g/mol. The van der Waals surface area contributed by atoms with Crippen molar-refractivity contribution < 1.29 is 4.39 Å². The van der Waals surface area contributed by atoms with Gasteiger partial charge in [0.05, 0.1) is 16.8 Å². The van der Waals surface area contributed by atoms with E-state index in [1.54, 1.807) is 12.1 Å². The van der Waals surface area contributed by atoms with Crippen LogP contribution in [0.5, 0.6) is 0 Å². The van der Waals surface area contributed by atoms with Crippen molar-refractivity contribution >= 4 is 11.5 Å². The van der Waals surface area contributed by atoms with Gasteiger partial charge in [-0.25, -0.2) is 9.37 Å². The first-order chi connectivity index (χ1) is 8.74. The zero-order chi connectivity index (χ0) is 13.0. The monoisotopic (exact) mass is 238 g/mol. The van der Waals surface area contributed by atoms with E-state index < -0.39 is 5.82 Å². The molecule has 5 heteroatoms. The Balaban J connectivity index is 2.41. The normalized spacial score (nSPS) is 9.28. The van der Waals surface area contributed by atoms with Gasteiger partial charge in [0, 0.05) is 6.20 Å². The molecule has 0 bridgehead atoms. The summed E-state index contributed by atoms with van der Waals surface area (Å²) in [5.74, 6) is -0.151. The van der Waals surface area contributed by atoms with Crippen LogP contribution in [0.2, 0.25) is 0 Å². The summed E-state index contributed by atoms with van der Waals surface area (Å²) in [6.07, 6.45) is 1.53. The van der Waals surface area contributed by atoms with Crippen molar-refractivity contribution in [1.82, 2.24) is 4.98 Å². The maximum absolute atomic E-state index is 13.0. The van der Waals surface area contributed by atoms with Gasteiger partial charge >= 0.3 is 0 Å². The summed E-state index contributed by atoms with van der Waals surface area (Å²) in [5.41, 5.74) is 0.921. The lowest BCUT2D eigenvalue weighted by atomic mass is 10.2. The lowest BCUT2D eigenvalue weighted by molar-refractivity contribution is 0.627. The van der Waals surface area contributed by atoms with Crippen LogP contribution in [0.4, 0.5) is 15.9 Å². The number of benzene rings is 1. The van der Waals surface area contributed by atoms with E-state index in [0.717, 1.165) is 6.07 Å². The molecule has 0 aliphatic heterocycles. The third kappa shape index (κ3) is 2.26. The molecule has 1 aromatic heterocycles. The van der Waals surface area contributed by atoms with Crippen LogP contribution in [-0.2, 0) is 0 Å². The van der Waals surface area contributed by atoms with Gasteiger partial charge in [0.2, 0.25) is 0 Å². The van der Waals surface area contributed by atoms with Crippen molar-refractivity contribution in [2.75, 3.05) is 5.32 Å². The Bertz CT molecular complexity index is 667. The second-order valence-corrected chi connectivity index (χ2v) is 3.44. The maximum Gasteiger partial charge on any atom is 0.148 e. The highest BCUT2D eigenvalue weighted by Crippen LogP contribution is 2.21. The number of nitriles is 2. The van der Waals surface area contributed by atoms with Gasteiger partial charge in [0.1, 0.15) is 23.8 Å². The van der Waals surface area contributed by atoms with Gasteiger partial charge in [-0.2, -0.15) is 10.5 Å². The van der Waals surface area contributed by atoms with Crippen LogP contribution in [-0.4, -0.2) is 4.98 Å². The van der Waals surface area contributed by atoms with Gasteiger partial charge < -0.3 is 5.32 Å². The fourth-order valence-corrected chi connectivity index (χ4v) is 1.44.